The Hall–Kier alpha value is -2.48. The van der Waals surface area contributed by atoms with E-state index in [-0.39, 0.29) is 0 Å². The van der Waals surface area contributed by atoms with Gasteiger partial charge in [0.25, 0.3) is 0 Å². The summed E-state index contributed by atoms with van der Waals surface area (Å²) in [5, 5.41) is 0. The fourth-order valence-corrected chi connectivity index (χ4v) is 3.31. The minimum atomic E-state index is 0.967. The van der Waals surface area contributed by atoms with Crippen LogP contribution in [0.3, 0.4) is 0 Å². The number of aryl methyl sites for hydroxylation is 2. The number of rotatable bonds is 9. The van der Waals surface area contributed by atoms with Crippen LogP contribution in [0.25, 0.3) is 22.5 Å². The first kappa shape index (κ1) is 19.3. The standard InChI is InChI=1S/C25H30N2/c1-3-4-5-6-7-8-9-21-11-13-22(14-12-21)24-17-15-23(19-27-24)25-16-10-20(2)18-26-25/h10-19H,3-9H2,1-2H3. The van der Waals surface area contributed by atoms with E-state index in [2.05, 4.69) is 59.4 Å². The highest BCUT2D eigenvalue weighted by molar-refractivity contribution is 5.64. The summed E-state index contributed by atoms with van der Waals surface area (Å²) >= 11 is 0. The van der Waals surface area contributed by atoms with Gasteiger partial charge in [-0.3, -0.25) is 9.97 Å². The molecule has 1 aromatic carbocycles. The van der Waals surface area contributed by atoms with E-state index in [1.54, 1.807) is 0 Å². The first-order valence-electron chi connectivity index (χ1n) is 10.2. The summed E-state index contributed by atoms with van der Waals surface area (Å²) in [6.45, 7) is 4.32. The van der Waals surface area contributed by atoms with E-state index in [0.717, 1.165) is 17.0 Å². The Labute approximate surface area is 163 Å². The third-order valence-electron chi connectivity index (χ3n) is 5.04. The minimum Gasteiger partial charge on any atom is -0.256 e. The second kappa shape index (κ2) is 10.0. The van der Waals surface area contributed by atoms with Gasteiger partial charge in [-0.1, -0.05) is 69.4 Å². The number of benzene rings is 1. The average Bonchev–Trinajstić information content (AvgIpc) is 2.72. The van der Waals surface area contributed by atoms with E-state index in [1.165, 1.54) is 61.6 Å². The molecule has 0 amide bonds. The summed E-state index contributed by atoms with van der Waals surface area (Å²) in [6.07, 6.45) is 13.1. The van der Waals surface area contributed by atoms with Crippen molar-refractivity contribution in [2.75, 3.05) is 0 Å². The van der Waals surface area contributed by atoms with Gasteiger partial charge >= 0.3 is 0 Å². The summed E-state index contributed by atoms with van der Waals surface area (Å²) in [4.78, 5) is 9.12. The molecule has 27 heavy (non-hydrogen) atoms. The molecule has 140 valence electrons. The number of hydrogen-bond donors (Lipinski definition) is 0. The monoisotopic (exact) mass is 358 g/mol. The van der Waals surface area contributed by atoms with Gasteiger partial charge in [0.2, 0.25) is 0 Å². The molecule has 0 unspecified atom stereocenters. The summed E-state index contributed by atoms with van der Waals surface area (Å²) in [5.74, 6) is 0. The molecule has 2 aromatic heterocycles. The second-order valence-electron chi connectivity index (χ2n) is 7.37. The highest BCUT2D eigenvalue weighted by Crippen LogP contribution is 2.22. The zero-order valence-corrected chi connectivity index (χ0v) is 16.6. The van der Waals surface area contributed by atoms with Crippen molar-refractivity contribution in [1.29, 1.82) is 0 Å². The molecule has 3 rings (SSSR count). The molecule has 0 bridgehead atoms. The minimum absolute atomic E-state index is 0.967. The molecule has 0 fully saturated rings. The smallest absolute Gasteiger partial charge is 0.0717 e. The molecule has 2 heteroatoms. The predicted molar refractivity (Wildman–Crippen MR) is 115 cm³/mol. The molecule has 0 saturated carbocycles. The van der Waals surface area contributed by atoms with Gasteiger partial charge in [0.05, 0.1) is 11.4 Å². The Kier molecular flexibility index (Phi) is 7.15. The molecule has 0 atom stereocenters. The van der Waals surface area contributed by atoms with Crippen LogP contribution in [0.5, 0.6) is 0 Å². The Morgan fingerprint density at radius 2 is 1.26 bits per heavy atom. The van der Waals surface area contributed by atoms with Crippen LogP contribution in [-0.2, 0) is 6.42 Å². The van der Waals surface area contributed by atoms with Crippen LogP contribution in [0.4, 0.5) is 0 Å². The largest absolute Gasteiger partial charge is 0.256 e. The van der Waals surface area contributed by atoms with Crippen molar-refractivity contribution >= 4 is 0 Å². The first-order chi connectivity index (χ1) is 13.3. The number of aromatic nitrogens is 2. The number of hydrogen-bond acceptors (Lipinski definition) is 2. The van der Waals surface area contributed by atoms with Gasteiger partial charge in [-0.2, -0.15) is 0 Å². The topological polar surface area (TPSA) is 25.8 Å². The normalized spacial score (nSPS) is 10.9. The van der Waals surface area contributed by atoms with Crippen LogP contribution in [-0.4, -0.2) is 9.97 Å². The molecular weight excluding hydrogens is 328 g/mol. The molecule has 0 saturated heterocycles. The lowest BCUT2D eigenvalue weighted by atomic mass is 10.0. The van der Waals surface area contributed by atoms with Gasteiger partial charge in [-0.25, -0.2) is 0 Å². The van der Waals surface area contributed by atoms with Crippen LogP contribution in [0.15, 0.2) is 60.9 Å². The van der Waals surface area contributed by atoms with Crippen molar-refractivity contribution in [3.05, 3.63) is 72.1 Å². The fraction of sp³-hybridized carbons (Fsp3) is 0.360. The molecule has 0 aliphatic heterocycles. The molecule has 2 heterocycles. The van der Waals surface area contributed by atoms with Crippen molar-refractivity contribution in [2.45, 2.75) is 58.8 Å². The first-order valence-corrected chi connectivity index (χ1v) is 10.2. The van der Waals surface area contributed by atoms with Crippen LogP contribution in [0.1, 0.15) is 56.6 Å². The molecular formula is C25H30N2. The van der Waals surface area contributed by atoms with E-state index >= 15 is 0 Å². The Bertz CT molecular complexity index is 802. The molecule has 0 spiro atoms. The maximum Gasteiger partial charge on any atom is 0.0717 e. The van der Waals surface area contributed by atoms with Crippen molar-refractivity contribution in [2.24, 2.45) is 0 Å². The van der Waals surface area contributed by atoms with Gasteiger partial charge in [-0.15, -0.1) is 0 Å². The third-order valence-corrected chi connectivity index (χ3v) is 5.04. The number of nitrogens with zero attached hydrogens (tertiary/aromatic N) is 2. The molecule has 3 aromatic rings. The lowest BCUT2D eigenvalue weighted by Gasteiger charge is -2.06. The quantitative estimate of drug-likeness (QED) is 0.384. The van der Waals surface area contributed by atoms with Gasteiger partial charge in [0, 0.05) is 23.5 Å². The van der Waals surface area contributed by atoms with Crippen LogP contribution in [0.2, 0.25) is 0 Å². The zero-order chi connectivity index (χ0) is 18.9. The zero-order valence-electron chi connectivity index (χ0n) is 16.6. The summed E-state index contributed by atoms with van der Waals surface area (Å²) in [7, 11) is 0. The Morgan fingerprint density at radius 1 is 0.630 bits per heavy atom. The van der Waals surface area contributed by atoms with Gasteiger partial charge in [0.15, 0.2) is 0 Å². The van der Waals surface area contributed by atoms with E-state index in [1.807, 2.05) is 25.4 Å². The van der Waals surface area contributed by atoms with Gasteiger partial charge < -0.3 is 0 Å². The van der Waals surface area contributed by atoms with Crippen LogP contribution >= 0.6 is 0 Å². The fourth-order valence-electron chi connectivity index (χ4n) is 3.31. The summed E-state index contributed by atoms with van der Waals surface area (Å²) < 4.78 is 0. The van der Waals surface area contributed by atoms with Crippen molar-refractivity contribution in [3.8, 4) is 22.5 Å². The molecule has 0 aliphatic rings. The lowest BCUT2D eigenvalue weighted by Crippen LogP contribution is -1.89. The van der Waals surface area contributed by atoms with E-state index < -0.39 is 0 Å². The van der Waals surface area contributed by atoms with Gasteiger partial charge in [0.1, 0.15) is 0 Å². The maximum atomic E-state index is 4.64. The summed E-state index contributed by atoms with van der Waals surface area (Å²) in [6, 6.07) is 17.2. The van der Waals surface area contributed by atoms with E-state index in [4.69, 9.17) is 0 Å². The summed E-state index contributed by atoms with van der Waals surface area (Å²) in [5.41, 5.74) is 6.80. The van der Waals surface area contributed by atoms with E-state index in [9.17, 15) is 0 Å². The Morgan fingerprint density at radius 3 is 1.93 bits per heavy atom. The molecule has 0 aliphatic carbocycles. The number of pyridine rings is 2. The maximum absolute atomic E-state index is 4.64. The third kappa shape index (κ3) is 5.75. The molecule has 0 N–H and O–H groups in total. The lowest BCUT2D eigenvalue weighted by molar-refractivity contribution is 0.607. The molecule has 0 radical (unpaired) electrons. The highest BCUT2D eigenvalue weighted by Gasteiger charge is 2.03. The SMILES string of the molecule is CCCCCCCCc1ccc(-c2ccc(-c3ccc(C)cn3)cn2)cc1. The Balaban J connectivity index is 1.56. The van der Waals surface area contributed by atoms with Crippen molar-refractivity contribution < 1.29 is 0 Å². The van der Waals surface area contributed by atoms with Crippen LogP contribution in [0, 0.1) is 6.92 Å². The second-order valence-corrected chi connectivity index (χ2v) is 7.37. The predicted octanol–water partition coefficient (Wildman–Crippen LogP) is 7.02. The molecule has 2 nitrogen and oxygen atoms in total. The average molecular weight is 359 g/mol. The highest BCUT2D eigenvalue weighted by atomic mass is 14.7. The van der Waals surface area contributed by atoms with Gasteiger partial charge in [-0.05, 0) is 49.1 Å². The number of unbranched alkanes of at least 4 members (excludes halogenated alkanes) is 5. The van der Waals surface area contributed by atoms with Crippen LogP contribution < -0.4 is 0 Å². The van der Waals surface area contributed by atoms with Crippen molar-refractivity contribution in [1.82, 2.24) is 9.97 Å². The van der Waals surface area contributed by atoms with Crippen molar-refractivity contribution in [3.63, 3.8) is 0 Å². The van der Waals surface area contributed by atoms with E-state index in [0.29, 0.717) is 0 Å².